The maximum Gasteiger partial charge on any atom is 0.319 e. The van der Waals surface area contributed by atoms with E-state index in [1.165, 1.54) is 26.2 Å². The third-order valence-electron chi connectivity index (χ3n) is 3.48. The summed E-state index contributed by atoms with van der Waals surface area (Å²) in [7, 11) is 1.53. The molecule has 0 saturated carbocycles. The van der Waals surface area contributed by atoms with Crippen molar-refractivity contribution >= 4 is 11.7 Å². The van der Waals surface area contributed by atoms with Gasteiger partial charge in [0.05, 0.1) is 18.9 Å². The second-order valence-electron chi connectivity index (χ2n) is 5.18. The van der Waals surface area contributed by atoms with Crippen molar-refractivity contribution in [3.8, 4) is 5.75 Å². The Balaban J connectivity index is 1.92. The molecular formula is C17H18F2N2O3. The molecule has 1 atom stereocenters. The molecular weight excluding hydrogens is 318 g/mol. The number of rotatable bonds is 5. The number of carbonyl (C=O) groups excluding carboxylic acids is 1. The van der Waals surface area contributed by atoms with Crippen LogP contribution in [0.4, 0.5) is 19.3 Å². The summed E-state index contributed by atoms with van der Waals surface area (Å²) >= 11 is 0. The second-order valence-corrected chi connectivity index (χ2v) is 5.18. The largest absolute Gasteiger partial charge is 0.497 e. The first-order valence-corrected chi connectivity index (χ1v) is 7.24. The maximum atomic E-state index is 13.7. The van der Waals surface area contributed by atoms with E-state index in [1.807, 2.05) is 0 Å². The smallest absolute Gasteiger partial charge is 0.319 e. The van der Waals surface area contributed by atoms with E-state index in [1.54, 1.807) is 24.3 Å². The highest BCUT2D eigenvalue weighted by Gasteiger charge is 2.14. The maximum absolute atomic E-state index is 13.7. The number of hydrogen-bond donors (Lipinski definition) is 3. The highest BCUT2D eigenvalue weighted by Crippen LogP contribution is 2.20. The number of methoxy groups -OCH3 is 1. The number of anilines is 1. The first kappa shape index (κ1) is 17.7. The van der Waals surface area contributed by atoms with Gasteiger partial charge in [-0.3, -0.25) is 0 Å². The first-order chi connectivity index (χ1) is 11.4. The predicted molar refractivity (Wildman–Crippen MR) is 86.1 cm³/mol. The molecule has 24 heavy (non-hydrogen) atoms. The summed E-state index contributed by atoms with van der Waals surface area (Å²) in [6.07, 6.45) is -0.943. The van der Waals surface area contributed by atoms with Gasteiger partial charge in [0.2, 0.25) is 0 Å². The minimum atomic E-state index is -1.12. The van der Waals surface area contributed by atoms with Crippen LogP contribution in [0.3, 0.4) is 0 Å². The zero-order valence-electron chi connectivity index (χ0n) is 13.3. The fraction of sp³-hybridized carbons (Fsp3) is 0.235. The number of aliphatic hydroxyl groups is 1. The van der Waals surface area contributed by atoms with Gasteiger partial charge in [0.1, 0.15) is 5.75 Å². The molecule has 2 aromatic rings. The molecule has 0 bridgehead atoms. The van der Waals surface area contributed by atoms with Crippen LogP contribution in [-0.4, -0.2) is 24.8 Å². The van der Waals surface area contributed by atoms with Crippen LogP contribution >= 0.6 is 0 Å². The van der Waals surface area contributed by atoms with E-state index >= 15 is 0 Å². The molecule has 3 N–H and O–H groups in total. The van der Waals surface area contributed by atoms with E-state index in [4.69, 9.17) is 4.74 Å². The summed E-state index contributed by atoms with van der Waals surface area (Å²) in [5, 5.41) is 14.6. The van der Waals surface area contributed by atoms with Gasteiger partial charge in [-0.1, -0.05) is 18.2 Å². The number of aryl methyl sites for hydroxylation is 1. The molecule has 0 aliphatic carbocycles. The molecule has 2 amide bonds. The summed E-state index contributed by atoms with van der Waals surface area (Å²) in [6, 6.07) is 8.58. The van der Waals surface area contributed by atoms with Crippen LogP contribution in [0.1, 0.15) is 17.2 Å². The Labute approximate surface area is 138 Å². The Morgan fingerprint density at radius 3 is 2.46 bits per heavy atom. The third kappa shape index (κ3) is 4.20. The van der Waals surface area contributed by atoms with Crippen molar-refractivity contribution in [3.63, 3.8) is 0 Å². The molecule has 2 aromatic carbocycles. The SMILES string of the molecule is COc1ccc(C(O)CNC(=O)Nc2ccc(C)c(F)c2F)cc1. The fourth-order valence-corrected chi connectivity index (χ4v) is 2.04. The normalized spacial score (nSPS) is 11.7. The number of ether oxygens (including phenoxy) is 1. The van der Waals surface area contributed by atoms with E-state index in [0.29, 0.717) is 11.3 Å². The Morgan fingerprint density at radius 1 is 1.17 bits per heavy atom. The van der Waals surface area contributed by atoms with Gasteiger partial charge in [-0.25, -0.2) is 13.6 Å². The summed E-state index contributed by atoms with van der Waals surface area (Å²) < 4.78 is 32.1. The van der Waals surface area contributed by atoms with Gasteiger partial charge in [0, 0.05) is 6.54 Å². The molecule has 0 aromatic heterocycles. The van der Waals surface area contributed by atoms with Crippen molar-refractivity contribution in [2.24, 2.45) is 0 Å². The molecule has 0 aliphatic heterocycles. The lowest BCUT2D eigenvalue weighted by molar-refractivity contribution is 0.175. The van der Waals surface area contributed by atoms with Gasteiger partial charge >= 0.3 is 6.03 Å². The molecule has 0 fully saturated rings. The number of carbonyl (C=O) groups is 1. The summed E-state index contributed by atoms with van der Waals surface area (Å²) in [5.41, 5.74) is 0.464. The fourth-order valence-electron chi connectivity index (χ4n) is 2.04. The second kappa shape index (κ2) is 7.74. The van der Waals surface area contributed by atoms with Crippen LogP contribution in [0.5, 0.6) is 5.75 Å². The predicted octanol–water partition coefficient (Wildman–Crippen LogP) is 3.14. The van der Waals surface area contributed by atoms with Crippen LogP contribution in [0, 0.1) is 18.6 Å². The summed E-state index contributed by atoms with van der Waals surface area (Å²) in [6.45, 7) is 1.33. The minimum absolute atomic E-state index is 0.0892. The van der Waals surface area contributed by atoms with Gasteiger partial charge < -0.3 is 20.5 Å². The highest BCUT2D eigenvalue weighted by atomic mass is 19.2. The van der Waals surface area contributed by atoms with Crippen molar-refractivity contribution in [2.45, 2.75) is 13.0 Å². The van der Waals surface area contributed by atoms with E-state index in [9.17, 15) is 18.7 Å². The molecule has 128 valence electrons. The number of amides is 2. The number of halogens is 2. The van der Waals surface area contributed by atoms with Crippen LogP contribution in [0.25, 0.3) is 0 Å². The number of nitrogens with one attached hydrogen (secondary N) is 2. The van der Waals surface area contributed by atoms with E-state index in [2.05, 4.69) is 10.6 Å². The van der Waals surface area contributed by atoms with Crippen molar-refractivity contribution < 1.29 is 23.4 Å². The standard InChI is InChI=1S/C17H18F2N2O3/c1-10-3-8-13(16(19)15(10)18)21-17(23)20-9-14(22)11-4-6-12(24-2)7-5-11/h3-8,14,22H,9H2,1-2H3,(H2,20,21,23). The van der Waals surface area contributed by atoms with Crippen LogP contribution in [0.2, 0.25) is 0 Å². The quantitative estimate of drug-likeness (QED) is 0.785. The number of aliphatic hydroxyl groups excluding tert-OH is 1. The van der Waals surface area contributed by atoms with Gasteiger partial charge in [-0.15, -0.1) is 0 Å². The van der Waals surface area contributed by atoms with Crippen molar-refractivity contribution in [1.29, 1.82) is 0 Å². The molecule has 1 unspecified atom stereocenters. The molecule has 0 heterocycles. The van der Waals surface area contributed by atoms with E-state index in [-0.39, 0.29) is 17.8 Å². The lowest BCUT2D eigenvalue weighted by atomic mass is 10.1. The molecule has 0 aliphatic rings. The first-order valence-electron chi connectivity index (χ1n) is 7.24. The minimum Gasteiger partial charge on any atom is -0.497 e. The number of hydrogen-bond acceptors (Lipinski definition) is 3. The zero-order chi connectivity index (χ0) is 17.7. The zero-order valence-corrected chi connectivity index (χ0v) is 13.3. The Morgan fingerprint density at radius 2 is 1.83 bits per heavy atom. The van der Waals surface area contributed by atoms with Crippen LogP contribution in [-0.2, 0) is 0 Å². The van der Waals surface area contributed by atoms with Crippen LogP contribution < -0.4 is 15.4 Å². The Bertz CT molecular complexity index is 721. The molecule has 7 heteroatoms. The third-order valence-corrected chi connectivity index (χ3v) is 3.48. The van der Waals surface area contributed by atoms with Crippen molar-refractivity contribution in [1.82, 2.24) is 5.32 Å². The molecule has 5 nitrogen and oxygen atoms in total. The van der Waals surface area contributed by atoms with Gasteiger partial charge in [-0.2, -0.15) is 0 Å². The molecule has 0 radical (unpaired) electrons. The average molecular weight is 336 g/mol. The topological polar surface area (TPSA) is 70.6 Å². The Hall–Kier alpha value is -2.67. The molecule has 0 saturated heterocycles. The average Bonchev–Trinajstić information content (AvgIpc) is 2.60. The lowest BCUT2D eigenvalue weighted by Crippen LogP contribution is -2.32. The molecule has 2 rings (SSSR count). The monoisotopic (exact) mass is 336 g/mol. The van der Waals surface area contributed by atoms with Crippen molar-refractivity contribution in [2.75, 3.05) is 19.0 Å². The lowest BCUT2D eigenvalue weighted by Gasteiger charge is -2.14. The molecule has 0 spiro atoms. The Kier molecular flexibility index (Phi) is 5.70. The summed E-state index contributed by atoms with van der Waals surface area (Å²) in [4.78, 5) is 11.8. The van der Waals surface area contributed by atoms with Crippen molar-refractivity contribution in [3.05, 3.63) is 59.2 Å². The van der Waals surface area contributed by atoms with E-state index in [0.717, 1.165) is 0 Å². The van der Waals surface area contributed by atoms with Gasteiger partial charge in [0.15, 0.2) is 11.6 Å². The van der Waals surface area contributed by atoms with Gasteiger partial charge in [-0.05, 0) is 36.2 Å². The van der Waals surface area contributed by atoms with Crippen LogP contribution in [0.15, 0.2) is 36.4 Å². The summed E-state index contributed by atoms with van der Waals surface area (Å²) in [5.74, 6) is -1.49. The number of urea groups is 1. The van der Waals surface area contributed by atoms with E-state index < -0.39 is 23.8 Å². The van der Waals surface area contributed by atoms with Gasteiger partial charge in [0.25, 0.3) is 0 Å². The highest BCUT2D eigenvalue weighted by molar-refractivity contribution is 5.89. The number of benzene rings is 2.